The fourth-order valence-electron chi connectivity index (χ4n) is 23.4. The monoisotopic (exact) mass is 1930 g/mol. The summed E-state index contributed by atoms with van der Waals surface area (Å²) in [5.74, 6) is 1.96. The summed E-state index contributed by atoms with van der Waals surface area (Å²) in [6.45, 7) is 4.64. The third kappa shape index (κ3) is 13.1. The lowest BCUT2D eigenvalue weighted by molar-refractivity contribution is 0.660. The van der Waals surface area contributed by atoms with Crippen molar-refractivity contribution in [3.05, 3.63) is 460 Å². The number of pyridine rings is 3. The molecular formula is C132H80N12S3. The van der Waals surface area contributed by atoms with Gasteiger partial charge in [0.1, 0.15) is 33.6 Å². The van der Waals surface area contributed by atoms with Crippen molar-refractivity contribution in [1.82, 2.24) is 58.6 Å². The summed E-state index contributed by atoms with van der Waals surface area (Å²) in [5, 5.41) is 22.7. The second-order valence-corrected chi connectivity index (χ2v) is 41.6. The number of aromatic nitrogens is 12. The van der Waals surface area contributed by atoms with E-state index in [1.807, 2.05) is 94.9 Å². The Morgan fingerprint density at radius 2 is 0.558 bits per heavy atom. The minimum absolute atomic E-state index is 0.123. The molecule has 147 heavy (non-hydrogen) atoms. The Balaban J connectivity index is 0.000000102. The Kier molecular flexibility index (Phi) is 19.1. The molecule has 0 amide bonds. The van der Waals surface area contributed by atoms with E-state index in [0.29, 0.717) is 17.7 Å². The average molecular weight is 1930 g/mol. The van der Waals surface area contributed by atoms with E-state index in [9.17, 15) is 0 Å². The van der Waals surface area contributed by atoms with Gasteiger partial charge in [-0.25, -0.2) is 29.9 Å². The molecule has 12 aromatic heterocycles. The first kappa shape index (κ1) is 84.2. The SMILES string of the molecule is CC1(C)c2ccccc2-c2ccc(-c3nc(-n4c5ccccc5c5c6sc7ccccc7c6c6ccccc6c54)nc4cccnc34)cc21.c1ccc(-c2cc(-c3ccccc3)cc(-c3nc(-n4c5ccccc5c5c6sc7ccccc7c6c6ccccc6c54)nc4cccnc34)c2)cc1.c1ccc(-c2nc(-c3ccc(-n4c5ccccc5c5c6sc7ccccc7c6c6ccccc6c54)cc3)nc3cccnc23)cc1. The van der Waals surface area contributed by atoms with Crippen LogP contribution >= 0.6 is 34.0 Å². The van der Waals surface area contributed by atoms with Gasteiger partial charge >= 0.3 is 0 Å². The van der Waals surface area contributed by atoms with Gasteiger partial charge in [0.05, 0.1) is 49.7 Å². The molecule has 31 aromatic rings. The summed E-state index contributed by atoms with van der Waals surface area (Å²) in [4.78, 5) is 45.9. The molecule has 0 spiro atoms. The number of rotatable bonds is 9. The van der Waals surface area contributed by atoms with E-state index >= 15 is 0 Å². The first-order chi connectivity index (χ1) is 72.7. The average Bonchev–Trinajstić information content (AvgIpc) is 1.54. The number of hydrogen-bond acceptors (Lipinski definition) is 12. The summed E-state index contributed by atoms with van der Waals surface area (Å²) < 4.78 is 14.8. The highest BCUT2D eigenvalue weighted by Crippen LogP contribution is 2.55. The molecule has 12 nitrogen and oxygen atoms in total. The van der Waals surface area contributed by atoms with Gasteiger partial charge in [-0.15, -0.1) is 34.0 Å². The zero-order chi connectivity index (χ0) is 96.8. The van der Waals surface area contributed by atoms with Gasteiger partial charge in [-0.1, -0.05) is 323 Å². The summed E-state index contributed by atoms with van der Waals surface area (Å²) in [5.41, 5.74) is 29.0. The molecule has 15 heteroatoms. The van der Waals surface area contributed by atoms with Gasteiger partial charge in [-0.05, 0) is 182 Å². The van der Waals surface area contributed by atoms with E-state index in [1.54, 1.807) is 6.20 Å². The van der Waals surface area contributed by atoms with Gasteiger partial charge in [0.15, 0.2) is 5.82 Å². The van der Waals surface area contributed by atoms with Gasteiger partial charge < -0.3 is 4.57 Å². The maximum absolute atomic E-state index is 5.51. The van der Waals surface area contributed by atoms with Crippen LogP contribution in [0.25, 0.3) is 287 Å². The van der Waals surface area contributed by atoms with Crippen molar-refractivity contribution in [2.75, 3.05) is 0 Å². The van der Waals surface area contributed by atoms with Crippen LogP contribution in [0.4, 0.5) is 0 Å². The zero-order valence-corrected chi connectivity index (χ0v) is 81.8. The van der Waals surface area contributed by atoms with Crippen LogP contribution in [0.5, 0.6) is 0 Å². The number of hydrogen-bond donors (Lipinski definition) is 0. The van der Waals surface area contributed by atoms with Crippen LogP contribution in [-0.2, 0) is 5.41 Å². The van der Waals surface area contributed by atoms with Crippen molar-refractivity contribution in [2.24, 2.45) is 0 Å². The van der Waals surface area contributed by atoms with E-state index < -0.39 is 0 Å². The van der Waals surface area contributed by atoms with Crippen LogP contribution in [0.3, 0.4) is 0 Å². The molecule has 0 atom stereocenters. The van der Waals surface area contributed by atoms with Crippen LogP contribution in [0, 0.1) is 0 Å². The van der Waals surface area contributed by atoms with Crippen LogP contribution < -0.4 is 0 Å². The topological polar surface area (TPSA) is 131 Å². The molecule has 0 bridgehead atoms. The Hall–Kier alpha value is -18.5. The summed E-state index contributed by atoms with van der Waals surface area (Å²) >= 11 is 5.63. The van der Waals surface area contributed by atoms with Crippen molar-refractivity contribution < 1.29 is 0 Å². The summed E-state index contributed by atoms with van der Waals surface area (Å²) in [7, 11) is 0. The minimum Gasteiger partial charge on any atom is -0.309 e. The fourth-order valence-corrected chi connectivity index (χ4v) is 27.3. The van der Waals surface area contributed by atoms with E-state index in [0.717, 1.165) is 122 Å². The molecule has 1 aliphatic rings. The normalized spacial score (nSPS) is 12.5. The maximum atomic E-state index is 5.51. The van der Waals surface area contributed by atoms with Crippen LogP contribution in [0.1, 0.15) is 25.0 Å². The van der Waals surface area contributed by atoms with E-state index in [2.05, 4.69) is 415 Å². The molecule has 0 N–H and O–H groups in total. The molecule has 0 fully saturated rings. The molecule has 0 aliphatic heterocycles. The smallest absolute Gasteiger partial charge is 0.235 e. The van der Waals surface area contributed by atoms with Gasteiger partial charge in [0, 0.05) is 161 Å². The first-order valence-corrected chi connectivity index (χ1v) is 52.0. The quantitative estimate of drug-likeness (QED) is 0.139. The lowest BCUT2D eigenvalue weighted by Gasteiger charge is -2.22. The molecule has 0 unspecified atom stereocenters. The Labute approximate surface area is 853 Å². The van der Waals surface area contributed by atoms with Gasteiger partial charge in [0.2, 0.25) is 11.9 Å². The molecule has 0 saturated carbocycles. The highest BCUT2D eigenvalue weighted by molar-refractivity contribution is 7.28. The van der Waals surface area contributed by atoms with E-state index in [4.69, 9.17) is 39.9 Å². The predicted molar refractivity (Wildman–Crippen MR) is 616 cm³/mol. The highest BCUT2D eigenvalue weighted by Gasteiger charge is 2.37. The standard InChI is InChI=1S/C47H28N4S.C44H28N4S.C41H24N4S/c1-3-14-29(15-4-1)31-26-32(30-16-5-2-6-17-30)28-33(27-31)43-44-38(22-13-25-48-44)49-47(50-43)51-39-23-11-9-20-36(39)42-45(51)35-19-8-7-18-34(35)41-37-21-10-12-24-40(37)52-46(41)42;1-44(2)32-17-8-5-12-26(32)27-22-21-25(24-33(27)44)39-40-34(18-11-23-45-40)46-43(47-39)48-35-19-9-6-15-30(35)38-41(48)29-14-4-3-13-28(29)37-31-16-7-10-20-36(31)49-42(37)38;1-2-11-25(12-3-1)37-38-32(17-10-24-42-38)43-41(44-37)26-20-22-27(23-21-26)45-33-18-8-6-15-30(33)36-39(45)29-14-5-4-13-28(29)35-31-16-7-9-19-34(31)46-40(35)36/h1-28H;3-24H,1-2H3;1-24H. The molecule has 0 radical (unpaired) electrons. The van der Waals surface area contributed by atoms with E-state index in [-0.39, 0.29) is 5.41 Å². The summed E-state index contributed by atoms with van der Waals surface area (Å²) in [6.07, 6.45) is 5.48. The number of benzene rings is 19. The molecule has 1 aliphatic carbocycles. The molecule has 19 aromatic carbocycles. The Morgan fingerprint density at radius 1 is 0.218 bits per heavy atom. The lowest BCUT2D eigenvalue weighted by Crippen LogP contribution is -2.15. The van der Waals surface area contributed by atoms with E-state index in [1.165, 1.54) is 158 Å². The molecular weight excluding hydrogens is 1850 g/mol. The third-order valence-electron chi connectivity index (χ3n) is 29.9. The zero-order valence-electron chi connectivity index (χ0n) is 79.3. The predicted octanol–water partition coefficient (Wildman–Crippen LogP) is 35.2. The minimum atomic E-state index is -0.123. The van der Waals surface area contributed by atoms with Crippen LogP contribution in [-0.4, -0.2) is 58.6 Å². The summed E-state index contributed by atoms with van der Waals surface area (Å²) in [6, 6.07) is 153. The van der Waals surface area contributed by atoms with Crippen molar-refractivity contribution >= 4 is 225 Å². The van der Waals surface area contributed by atoms with Gasteiger partial charge in [-0.3, -0.25) is 24.1 Å². The van der Waals surface area contributed by atoms with Crippen molar-refractivity contribution in [3.63, 3.8) is 0 Å². The number of thiophene rings is 3. The lowest BCUT2D eigenvalue weighted by atomic mass is 9.82. The maximum Gasteiger partial charge on any atom is 0.235 e. The van der Waals surface area contributed by atoms with Crippen molar-refractivity contribution in [2.45, 2.75) is 19.3 Å². The van der Waals surface area contributed by atoms with Crippen molar-refractivity contribution in [1.29, 1.82) is 0 Å². The molecule has 12 heterocycles. The first-order valence-electron chi connectivity index (χ1n) is 49.5. The highest BCUT2D eigenvalue weighted by atomic mass is 32.1. The van der Waals surface area contributed by atoms with Crippen LogP contribution in [0.15, 0.2) is 449 Å². The number of nitrogens with zero attached hydrogens (tertiary/aromatic N) is 12. The van der Waals surface area contributed by atoms with Gasteiger partial charge in [-0.2, -0.15) is 0 Å². The molecule has 32 rings (SSSR count). The Morgan fingerprint density at radius 3 is 1.01 bits per heavy atom. The number of para-hydroxylation sites is 3. The molecule has 686 valence electrons. The largest absolute Gasteiger partial charge is 0.309 e. The third-order valence-corrected chi connectivity index (χ3v) is 33.5. The Bertz CT molecular complexity index is 10900. The second-order valence-electron chi connectivity index (χ2n) is 38.4. The van der Waals surface area contributed by atoms with Gasteiger partial charge in [0.25, 0.3) is 0 Å². The second kappa shape index (κ2) is 33.3. The van der Waals surface area contributed by atoms with Crippen LogP contribution in [0.2, 0.25) is 0 Å². The number of fused-ring (bicyclic) bond motifs is 36. The fraction of sp³-hybridized carbons (Fsp3) is 0.0227. The van der Waals surface area contributed by atoms with Crippen molar-refractivity contribution in [3.8, 4) is 96.1 Å². The molecule has 0 saturated heterocycles.